The maximum absolute atomic E-state index is 12.4. The number of nitrogens with one attached hydrogen (secondary N) is 1. The van der Waals surface area contributed by atoms with Crippen LogP contribution in [0.5, 0.6) is 5.75 Å². The van der Waals surface area contributed by atoms with Crippen molar-refractivity contribution in [1.29, 1.82) is 0 Å². The molecule has 8 heteroatoms. The molecule has 0 spiro atoms. The van der Waals surface area contributed by atoms with E-state index in [1.54, 1.807) is 18.5 Å². The molecule has 0 fully saturated rings. The molecule has 0 saturated carbocycles. The lowest BCUT2D eigenvalue weighted by Gasteiger charge is -2.18. The zero-order valence-electron chi connectivity index (χ0n) is 15.0. The summed E-state index contributed by atoms with van der Waals surface area (Å²) in [5, 5.41) is 14.8. The summed E-state index contributed by atoms with van der Waals surface area (Å²) in [5.41, 5.74) is 3.43. The van der Waals surface area contributed by atoms with Crippen LogP contribution in [-0.4, -0.2) is 10.1 Å². The molecule has 0 aliphatic heterocycles. The van der Waals surface area contributed by atoms with Crippen LogP contribution in [0.1, 0.15) is 35.1 Å². The molecule has 2 N–H and O–H groups in total. The number of nitrogens with zero attached hydrogens (tertiary/aromatic N) is 1. The third-order valence-electron chi connectivity index (χ3n) is 4.89. The van der Waals surface area contributed by atoms with Gasteiger partial charge in [-0.3, -0.25) is 4.98 Å². The Morgan fingerprint density at radius 2 is 1.93 bits per heavy atom. The number of aryl methyl sites for hydroxylation is 1. The second-order valence-electron chi connectivity index (χ2n) is 6.58. The number of pyridine rings is 1. The SMILES string of the molecule is Cl.Cl.O=c1oc2c(CNCc3cccnc3)c(O)c(Cl)cc2c2c1CCCC2. The molecule has 2 heterocycles. The molecular weight excluding hydrogens is 423 g/mol. The van der Waals surface area contributed by atoms with Gasteiger partial charge in [0.05, 0.1) is 10.6 Å². The van der Waals surface area contributed by atoms with Crippen molar-refractivity contribution in [3.05, 3.63) is 68.3 Å². The van der Waals surface area contributed by atoms with Crippen LogP contribution in [0.3, 0.4) is 0 Å². The Morgan fingerprint density at radius 3 is 2.64 bits per heavy atom. The molecule has 4 rings (SSSR count). The Morgan fingerprint density at radius 1 is 1.18 bits per heavy atom. The number of halogens is 3. The highest BCUT2D eigenvalue weighted by Crippen LogP contribution is 2.37. The molecule has 0 unspecified atom stereocenters. The summed E-state index contributed by atoms with van der Waals surface area (Å²) < 4.78 is 5.60. The fourth-order valence-corrected chi connectivity index (χ4v) is 3.82. The van der Waals surface area contributed by atoms with Gasteiger partial charge in [-0.05, 0) is 48.9 Å². The minimum atomic E-state index is -0.303. The number of fused-ring (bicyclic) bond motifs is 3. The van der Waals surface area contributed by atoms with Gasteiger partial charge in [-0.25, -0.2) is 4.79 Å². The summed E-state index contributed by atoms with van der Waals surface area (Å²) in [7, 11) is 0. The van der Waals surface area contributed by atoms with Crippen LogP contribution < -0.4 is 10.9 Å². The summed E-state index contributed by atoms with van der Waals surface area (Å²) in [6.07, 6.45) is 7.10. The summed E-state index contributed by atoms with van der Waals surface area (Å²) in [6, 6.07) is 5.55. The number of hydrogen-bond donors (Lipinski definition) is 2. The zero-order chi connectivity index (χ0) is 18.1. The first-order valence-corrected chi connectivity index (χ1v) is 9.11. The second kappa shape index (κ2) is 9.61. The van der Waals surface area contributed by atoms with Crippen molar-refractivity contribution in [3.8, 4) is 5.75 Å². The molecule has 1 aromatic carbocycles. The molecule has 1 aliphatic carbocycles. The normalized spacial score (nSPS) is 12.8. The second-order valence-corrected chi connectivity index (χ2v) is 6.99. The number of hydrogen-bond acceptors (Lipinski definition) is 5. The van der Waals surface area contributed by atoms with Crippen LogP contribution in [0.25, 0.3) is 11.0 Å². The van der Waals surface area contributed by atoms with Gasteiger partial charge in [-0.1, -0.05) is 17.7 Å². The first-order chi connectivity index (χ1) is 12.6. The van der Waals surface area contributed by atoms with E-state index in [9.17, 15) is 9.90 Å². The molecule has 2 aromatic heterocycles. The topological polar surface area (TPSA) is 75.4 Å². The lowest BCUT2D eigenvalue weighted by Crippen LogP contribution is -2.18. The van der Waals surface area contributed by atoms with Crippen molar-refractivity contribution in [2.75, 3.05) is 0 Å². The third-order valence-corrected chi connectivity index (χ3v) is 5.18. The summed E-state index contributed by atoms with van der Waals surface area (Å²) in [6.45, 7) is 0.913. The number of aromatic nitrogens is 1. The molecule has 3 aromatic rings. The molecule has 28 heavy (non-hydrogen) atoms. The molecule has 1 aliphatic rings. The van der Waals surface area contributed by atoms with Gasteiger partial charge in [-0.2, -0.15) is 0 Å². The first kappa shape index (κ1) is 22.5. The van der Waals surface area contributed by atoms with Crippen LogP contribution >= 0.6 is 36.4 Å². The van der Waals surface area contributed by atoms with Crippen molar-refractivity contribution < 1.29 is 9.52 Å². The fourth-order valence-electron chi connectivity index (χ4n) is 3.60. The van der Waals surface area contributed by atoms with Crippen LogP contribution in [-0.2, 0) is 25.9 Å². The first-order valence-electron chi connectivity index (χ1n) is 8.73. The maximum Gasteiger partial charge on any atom is 0.339 e. The largest absolute Gasteiger partial charge is 0.506 e. The van der Waals surface area contributed by atoms with E-state index in [-0.39, 0.29) is 41.2 Å². The number of phenolic OH excluding ortho intramolecular Hbond substituents is 1. The fraction of sp³-hybridized carbons (Fsp3) is 0.300. The van der Waals surface area contributed by atoms with E-state index in [1.165, 1.54) is 0 Å². The van der Waals surface area contributed by atoms with Crippen molar-refractivity contribution in [2.45, 2.75) is 38.8 Å². The summed E-state index contributed by atoms with van der Waals surface area (Å²) in [4.78, 5) is 16.5. The van der Waals surface area contributed by atoms with Gasteiger partial charge in [0.15, 0.2) is 0 Å². The minimum Gasteiger partial charge on any atom is -0.506 e. The molecule has 0 atom stereocenters. The molecule has 0 bridgehead atoms. The van der Waals surface area contributed by atoms with Gasteiger partial charge in [0, 0.05) is 36.4 Å². The molecule has 0 saturated heterocycles. The quantitative estimate of drug-likeness (QED) is 0.578. The predicted molar refractivity (Wildman–Crippen MR) is 115 cm³/mol. The number of aromatic hydroxyl groups is 1. The number of benzene rings is 1. The van der Waals surface area contributed by atoms with E-state index in [2.05, 4.69) is 10.3 Å². The highest BCUT2D eigenvalue weighted by atomic mass is 35.5. The Balaban J connectivity index is 0.00000140. The van der Waals surface area contributed by atoms with Gasteiger partial charge in [0.25, 0.3) is 0 Å². The van der Waals surface area contributed by atoms with E-state index in [0.29, 0.717) is 24.2 Å². The van der Waals surface area contributed by atoms with Gasteiger partial charge in [0.1, 0.15) is 11.3 Å². The Labute approximate surface area is 179 Å². The molecule has 0 amide bonds. The Bertz CT molecular complexity index is 1020. The van der Waals surface area contributed by atoms with Crippen LogP contribution in [0.15, 0.2) is 39.8 Å². The van der Waals surface area contributed by atoms with Crippen molar-refractivity contribution in [1.82, 2.24) is 10.3 Å². The predicted octanol–water partition coefficient (Wildman–Crippen LogP) is 4.56. The minimum absolute atomic E-state index is 0. The van der Waals surface area contributed by atoms with Gasteiger partial charge >= 0.3 is 5.63 Å². The molecule has 150 valence electrons. The maximum atomic E-state index is 12.4. The van der Waals surface area contributed by atoms with Crippen molar-refractivity contribution in [3.63, 3.8) is 0 Å². The highest BCUT2D eigenvalue weighted by molar-refractivity contribution is 6.33. The van der Waals surface area contributed by atoms with Gasteiger partial charge in [-0.15, -0.1) is 24.8 Å². The standard InChI is InChI=1S/C20H19ClN2O3.2ClH/c21-17-8-15-13-5-1-2-6-14(13)20(25)26-19(15)16(18(17)24)11-23-10-12-4-3-7-22-9-12;;/h3-4,7-9,23-24H,1-2,5-6,10-11H2;2*1H. The lowest BCUT2D eigenvalue weighted by molar-refractivity contribution is 0.459. The number of rotatable bonds is 4. The van der Waals surface area contributed by atoms with E-state index in [1.807, 2.05) is 12.1 Å². The molecular formula is C20H21Cl3N2O3. The smallest absolute Gasteiger partial charge is 0.339 e. The van der Waals surface area contributed by atoms with Crippen LogP contribution in [0, 0.1) is 0 Å². The van der Waals surface area contributed by atoms with Gasteiger partial charge in [0.2, 0.25) is 0 Å². The van der Waals surface area contributed by atoms with E-state index >= 15 is 0 Å². The summed E-state index contributed by atoms with van der Waals surface area (Å²) in [5.74, 6) is -0.0447. The lowest BCUT2D eigenvalue weighted by atomic mass is 9.90. The van der Waals surface area contributed by atoms with E-state index < -0.39 is 0 Å². The Hall–Kier alpha value is -1.79. The van der Waals surface area contributed by atoms with Crippen LogP contribution in [0.2, 0.25) is 5.02 Å². The van der Waals surface area contributed by atoms with E-state index in [4.69, 9.17) is 16.0 Å². The average Bonchev–Trinajstić information content (AvgIpc) is 2.67. The molecule has 5 nitrogen and oxygen atoms in total. The monoisotopic (exact) mass is 442 g/mol. The average molecular weight is 444 g/mol. The van der Waals surface area contributed by atoms with Gasteiger partial charge < -0.3 is 14.8 Å². The van der Waals surface area contributed by atoms with Crippen molar-refractivity contribution >= 4 is 47.4 Å². The van der Waals surface area contributed by atoms with E-state index in [0.717, 1.165) is 47.8 Å². The van der Waals surface area contributed by atoms with Crippen LogP contribution in [0.4, 0.5) is 0 Å². The molecule has 0 radical (unpaired) electrons. The third kappa shape index (κ3) is 4.28. The zero-order valence-corrected chi connectivity index (χ0v) is 17.4. The Kier molecular flexibility index (Phi) is 7.72. The summed E-state index contributed by atoms with van der Waals surface area (Å²) >= 11 is 6.26. The number of phenols is 1. The van der Waals surface area contributed by atoms with Crippen molar-refractivity contribution in [2.24, 2.45) is 0 Å². The highest BCUT2D eigenvalue weighted by Gasteiger charge is 2.22.